The molecule has 0 aromatic heterocycles. The third-order valence-corrected chi connectivity index (χ3v) is 6.45. The molecule has 152 valence electrons. The molecule has 3 rings (SSSR count). The molecular weight excluding hydrogens is 378 g/mol. The van der Waals surface area contributed by atoms with Gasteiger partial charge in [0.05, 0.1) is 16.6 Å². The van der Waals surface area contributed by atoms with E-state index in [4.69, 9.17) is 11.6 Å². The van der Waals surface area contributed by atoms with Crippen LogP contribution in [0.25, 0.3) is 0 Å². The maximum Gasteiger partial charge on any atom is 0.229 e. The zero-order valence-electron chi connectivity index (χ0n) is 16.6. The molecule has 1 aromatic rings. The Balaban J connectivity index is 1.63. The summed E-state index contributed by atoms with van der Waals surface area (Å²) in [5.74, 6) is 0.393. The Hall–Kier alpha value is -2.08. The number of hydrogen-bond donors (Lipinski definition) is 2. The minimum atomic E-state index is -0.356. The minimum absolute atomic E-state index is 0.0742. The van der Waals surface area contributed by atoms with Gasteiger partial charge in [0.15, 0.2) is 0 Å². The highest BCUT2D eigenvalue weighted by molar-refractivity contribution is 6.34. The minimum Gasteiger partial charge on any atom is -0.339 e. The molecule has 0 radical (unpaired) electrons. The van der Waals surface area contributed by atoms with Crippen molar-refractivity contribution in [3.63, 3.8) is 0 Å². The topological polar surface area (TPSA) is 78.5 Å². The van der Waals surface area contributed by atoms with Crippen LogP contribution in [-0.4, -0.2) is 35.2 Å². The van der Waals surface area contributed by atoms with Crippen molar-refractivity contribution in [2.75, 3.05) is 17.2 Å². The second kappa shape index (κ2) is 8.52. The van der Waals surface area contributed by atoms with E-state index in [-0.39, 0.29) is 36.1 Å². The number of carbonyl (C=O) groups excluding carboxylic acids is 3. The fourth-order valence-corrected chi connectivity index (χ4v) is 4.58. The number of carbonyl (C=O) groups is 3. The van der Waals surface area contributed by atoms with Crippen molar-refractivity contribution < 1.29 is 14.4 Å². The molecule has 0 spiro atoms. The van der Waals surface area contributed by atoms with Gasteiger partial charge >= 0.3 is 0 Å². The van der Waals surface area contributed by atoms with Crippen LogP contribution >= 0.6 is 11.6 Å². The number of anilines is 2. The summed E-state index contributed by atoms with van der Waals surface area (Å²) in [5.41, 5.74) is 1.05. The van der Waals surface area contributed by atoms with Crippen LogP contribution in [0.1, 0.15) is 46.5 Å². The van der Waals surface area contributed by atoms with Crippen molar-refractivity contribution in [2.24, 2.45) is 17.8 Å². The van der Waals surface area contributed by atoms with Gasteiger partial charge in [0.1, 0.15) is 0 Å². The fraction of sp³-hybridized carbons (Fsp3) is 0.571. The normalized spacial score (nSPS) is 27.6. The number of benzene rings is 1. The largest absolute Gasteiger partial charge is 0.339 e. The Morgan fingerprint density at radius 2 is 1.93 bits per heavy atom. The molecule has 1 heterocycles. The quantitative estimate of drug-likeness (QED) is 0.797. The van der Waals surface area contributed by atoms with Gasteiger partial charge < -0.3 is 15.5 Å². The van der Waals surface area contributed by atoms with Crippen LogP contribution in [0.3, 0.4) is 0 Å². The predicted octanol–water partition coefficient (Wildman–Crippen LogP) is 3.91. The van der Waals surface area contributed by atoms with Gasteiger partial charge in [-0.3, -0.25) is 14.4 Å². The summed E-state index contributed by atoms with van der Waals surface area (Å²) < 4.78 is 0. The summed E-state index contributed by atoms with van der Waals surface area (Å²) in [7, 11) is 0. The summed E-state index contributed by atoms with van der Waals surface area (Å²) in [6.07, 6.45) is 3.61. The third kappa shape index (κ3) is 4.49. The van der Waals surface area contributed by atoms with Gasteiger partial charge in [-0.2, -0.15) is 0 Å². The first-order valence-corrected chi connectivity index (χ1v) is 10.3. The van der Waals surface area contributed by atoms with Gasteiger partial charge in [0, 0.05) is 31.6 Å². The second-order valence-corrected chi connectivity index (χ2v) is 8.55. The van der Waals surface area contributed by atoms with Gasteiger partial charge in [0.25, 0.3) is 0 Å². The number of amides is 3. The number of rotatable bonds is 4. The highest BCUT2D eigenvalue weighted by Gasteiger charge is 2.41. The molecule has 1 saturated heterocycles. The molecule has 7 heteroatoms. The highest BCUT2D eigenvalue weighted by atomic mass is 35.5. The third-order valence-electron chi connectivity index (χ3n) is 6.14. The zero-order chi connectivity index (χ0) is 20.4. The van der Waals surface area contributed by atoms with E-state index in [1.54, 1.807) is 18.2 Å². The van der Waals surface area contributed by atoms with Crippen LogP contribution in [0.2, 0.25) is 5.02 Å². The molecule has 28 heavy (non-hydrogen) atoms. The van der Waals surface area contributed by atoms with E-state index in [0.717, 1.165) is 12.8 Å². The van der Waals surface area contributed by atoms with E-state index in [9.17, 15) is 14.4 Å². The molecule has 2 N–H and O–H groups in total. The van der Waals surface area contributed by atoms with Crippen LogP contribution in [0.15, 0.2) is 18.2 Å². The van der Waals surface area contributed by atoms with Crippen molar-refractivity contribution in [1.82, 2.24) is 4.90 Å². The summed E-state index contributed by atoms with van der Waals surface area (Å²) in [6, 6.07) is 5.18. The van der Waals surface area contributed by atoms with Crippen molar-refractivity contribution in [3.05, 3.63) is 23.2 Å². The fourth-order valence-electron chi connectivity index (χ4n) is 4.35. The van der Waals surface area contributed by atoms with Crippen molar-refractivity contribution in [2.45, 2.75) is 52.5 Å². The van der Waals surface area contributed by atoms with Crippen LogP contribution in [0, 0.1) is 17.8 Å². The van der Waals surface area contributed by atoms with Crippen LogP contribution in [-0.2, 0) is 14.4 Å². The number of halogens is 1. The first-order valence-electron chi connectivity index (χ1n) is 9.93. The van der Waals surface area contributed by atoms with Gasteiger partial charge in [-0.05, 0) is 36.5 Å². The first kappa shape index (κ1) is 20.6. The number of nitrogens with one attached hydrogen (secondary N) is 2. The summed E-state index contributed by atoms with van der Waals surface area (Å²) in [4.78, 5) is 38.4. The number of hydrogen-bond acceptors (Lipinski definition) is 3. The highest BCUT2D eigenvalue weighted by Crippen LogP contribution is 2.36. The van der Waals surface area contributed by atoms with E-state index in [2.05, 4.69) is 24.5 Å². The van der Waals surface area contributed by atoms with E-state index in [0.29, 0.717) is 34.8 Å². The zero-order valence-corrected chi connectivity index (χ0v) is 17.4. The molecule has 1 aliphatic heterocycles. The molecular formula is C21H28ClN3O3. The first-order chi connectivity index (χ1) is 13.3. The average Bonchev–Trinajstić information content (AvgIpc) is 3.01. The van der Waals surface area contributed by atoms with Crippen molar-refractivity contribution in [1.29, 1.82) is 0 Å². The van der Waals surface area contributed by atoms with E-state index in [1.165, 1.54) is 13.3 Å². The van der Waals surface area contributed by atoms with Crippen LogP contribution < -0.4 is 10.6 Å². The molecule has 1 aliphatic carbocycles. The van der Waals surface area contributed by atoms with E-state index >= 15 is 0 Å². The molecule has 1 saturated carbocycles. The molecule has 2 aliphatic rings. The van der Waals surface area contributed by atoms with Crippen molar-refractivity contribution in [3.8, 4) is 0 Å². The number of nitrogens with zero attached hydrogens (tertiary/aromatic N) is 1. The van der Waals surface area contributed by atoms with E-state index in [1.807, 2.05) is 4.90 Å². The standard InChI is InChI=1S/C21H28ClN3O3/c1-12-5-4-6-19(13(12)2)25-11-15(9-20(25)27)21(28)24-16-7-8-18(17(22)10-16)23-14(3)26/h7-8,10,12-13,15,19H,4-6,9,11H2,1-3H3,(H,23,26)(H,24,28)/t12-,13-,15-,19-/m1/s1. The molecule has 3 amide bonds. The molecule has 0 bridgehead atoms. The molecule has 4 atom stereocenters. The van der Waals surface area contributed by atoms with Crippen LogP contribution in [0.5, 0.6) is 0 Å². The Kier molecular flexibility index (Phi) is 6.28. The van der Waals surface area contributed by atoms with Crippen LogP contribution in [0.4, 0.5) is 11.4 Å². The summed E-state index contributed by atoms with van der Waals surface area (Å²) in [6.45, 7) is 6.34. The molecule has 6 nitrogen and oxygen atoms in total. The van der Waals surface area contributed by atoms with Gasteiger partial charge in [-0.1, -0.05) is 38.3 Å². The van der Waals surface area contributed by atoms with E-state index < -0.39 is 0 Å². The Bertz CT molecular complexity index is 782. The smallest absolute Gasteiger partial charge is 0.229 e. The summed E-state index contributed by atoms with van der Waals surface area (Å²) >= 11 is 6.17. The number of likely N-dealkylation sites (tertiary alicyclic amines) is 1. The molecule has 0 unspecified atom stereocenters. The SMILES string of the molecule is CC(=O)Nc1ccc(NC(=O)[C@@H]2CC(=O)N([C@@H]3CCC[C@@H](C)[C@H]3C)C2)cc1Cl. The monoisotopic (exact) mass is 405 g/mol. The maximum absolute atomic E-state index is 12.7. The lowest BCUT2D eigenvalue weighted by molar-refractivity contribution is -0.131. The second-order valence-electron chi connectivity index (χ2n) is 8.15. The summed E-state index contributed by atoms with van der Waals surface area (Å²) in [5, 5.41) is 5.83. The van der Waals surface area contributed by atoms with Crippen molar-refractivity contribution >= 4 is 40.7 Å². The Morgan fingerprint density at radius 3 is 2.61 bits per heavy atom. The Labute approximate surface area is 171 Å². The average molecular weight is 406 g/mol. The van der Waals surface area contributed by atoms with Gasteiger partial charge in [-0.25, -0.2) is 0 Å². The lowest BCUT2D eigenvalue weighted by Gasteiger charge is -2.40. The lowest BCUT2D eigenvalue weighted by atomic mass is 9.77. The molecule has 2 fully saturated rings. The predicted molar refractivity (Wildman–Crippen MR) is 110 cm³/mol. The molecule has 1 aromatic carbocycles. The van der Waals surface area contributed by atoms with Gasteiger partial charge in [0.2, 0.25) is 17.7 Å². The van der Waals surface area contributed by atoms with Gasteiger partial charge in [-0.15, -0.1) is 0 Å². The lowest BCUT2D eigenvalue weighted by Crippen LogP contribution is -2.45. The Morgan fingerprint density at radius 1 is 1.18 bits per heavy atom. The maximum atomic E-state index is 12.7.